The van der Waals surface area contributed by atoms with Gasteiger partial charge in [0, 0.05) is 39.1 Å². The second-order valence-corrected chi connectivity index (χ2v) is 4.67. The molecule has 1 fully saturated rings. The number of imidazole rings is 1. The summed E-state index contributed by atoms with van der Waals surface area (Å²) in [6, 6.07) is 0. The summed E-state index contributed by atoms with van der Waals surface area (Å²) in [5, 5.41) is 0. The van der Waals surface area contributed by atoms with Crippen LogP contribution in [0, 0.1) is 0 Å². The third-order valence-electron chi connectivity index (χ3n) is 3.30. The van der Waals surface area contributed by atoms with E-state index in [9.17, 15) is 4.79 Å². The predicted molar refractivity (Wildman–Crippen MR) is 65.6 cm³/mol. The van der Waals surface area contributed by atoms with Gasteiger partial charge in [-0.05, 0) is 20.0 Å². The number of nitrogens with zero attached hydrogens (tertiary/aromatic N) is 4. The highest BCUT2D eigenvalue weighted by Crippen LogP contribution is 2.05. The second-order valence-electron chi connectivity index (χ2n) is 4.67. The number of amides is 1. The van der Waals surface area contributed by atoms with Crippen LogP contribution in [0.2, 0.25) is 0 Å². The molecule has 2 heterocycles. The molecule has 1 saturated heterocycles. The summed E-state index contributed by atoms with van der Waals surface area (Å²) in [4.78, 5) is 20.6. The molecule has 0 aliphatic carbocycles. The van der Waals surface area contributed by atoms with Gasteiger partial charge < -0.3 is 14.4 Å². The van der Waals surface area contributed by atoms with Gasteiger partial charge in [0.25, 0.3) is 0 Å². The Hall–Kier alpha value is -1.36. The van der Waals surface area contributed by atoms with E-state index in [1.165, 1.54) is 0 Å². The molecule has 17 heavy (non-hydrogen) atoms. The lowest BCUT2D eigenvalue weighted by Gasteiger charge is -2.20. The Labute approximate surface area is 102 Å². The summed E-state index contributed by atoms with van der Waals surface area (Å²) >= 11 is 0. The maximum absolute atomic E-state index is 12.1. The summed E-state index contributed by atoms with van der Waals surface area (Å²) in [5.74, 6) is 1.03. The molecule has 0 aromatic carbocycles. The van der Waals surface area contributed by atoms with Crippen LogP contribution in [0.1, 0.15) is 12.2 Å². The van der Waals surface area contributed by atoms with Gasteiger partial charge in [-0.3, -0.25) is 4.79 Å². The van der Waals surface area contributed by atoms with Crippen molar-refractivity contribution in [1.82, 2.24) is 19.4 Å². The van der Waals surface area contributed by atoms with Crippen molar-refractivity contribution in [2.75, 3.05) is 33.2 Å². The van der Waals surface area contributed by atoms with E-state index in [0.29, 0.717) is 6.42 Å². The van der Waals surface area contributed by atoms with E-state index < -0.39 is 0 Å². The Kier molecular flexibility index (Phi) is 3.78. The van der Waals surface area contributed by atoms with E-state index in [0.717, 1.165) is 38.4 Å². The number of hydrogen-bond donors (Lipinski definition) is 0. The van der Waals surface area contributed by atoms with E-state index in [1.807, 2.05) is 22.7 Å². The summed E-state index contributed by atoms with van der Waals surface area (Å²) in [7, 11) is 4.03. The van der Waals surface area contributed by atoms with Crippen molar-refractivity contribution in [3.8, 4) is 0 Å². The fraction of sp³-hybridized carbons (Fsp3) is 0.667. The molecule has 1 amide bonds. The highest BCUT2D eigenvalue weighted by Gasteiger charge is 2.18. The van der Waals surface area contributed by atoms with Gasteiger partial charge in [0.2, 0.25) is 5.91 Å². The van der Waals surface area contributed by atoms with Crippen LogP contribution in [-0.4, -0.2) is 58.5 Å². The van der Waals surface area contributed by atoms with E-state index in [4.69, 9.17) is 0 Å². The second kappa shape index (κ2) is 5.31. The van der Waals surface area contributed by atoms with E-state index in [2.05, 4.69) is 16.9 Å². The van der Waals surface area contributed by atoms with Crippen LogP contribution >= 0.6 is 0 Å². The number of carbonyl (C=O) groups excluding carboxylic acids is 1. The van der Waals surface area contributed by atoms with Gasteiger partial charge >= 0.3 is 0 Å². The van der Waals surface area contributed by atoms with Crippen LogP contribution in [0.25, 0.3) is 0 Å². The van der Waals surface area contributed by atoms with Crippen molar-refractivity contribution >= 4 is 5.91 Å². The lowest BCUT2D eigenvalue weighted by Crippen LogP contribution is -2.35. The molecule has 5 heteroatoms. The third-order valence-corrected chi connectivity index (χ3v) is 3.30. The molecular formula is C12H20N4O. The van der Waals surface area contributed by atoms with Gasteiger partial charge in [-0.15, -0.1) is 0 Å². The molecule has 0 spiro atoms. The standard InChI is InChI=1S/C12H20N4O/c1-14-5-3-6-16(9-8-14)12(17)10-11-13-4-7-15(11)2/h4,7H,3,5-6,8-10H2,1-2H3. The zero-order valence-corrected chi connectivity index (χ0v) is 10.6. The van der Waals surface area contributed by atoms with Gasteiger partial charge in [0.1, 0.15) is 5.82 Å². The lowest BCUT2D eigenvalue weighted by molar-refractivity contribution is -0.130. The van der Waals surface area contributed by atoms with Crippen molar-refractivity contribution in [2.24, 2.45) is 7.05 Å². The smallest absolute Gasteiger partial charge is 0.230 e. The first-order valence-corrected chi connectivity index (χ1v) is 6.09. The number of aromatic nitrogens is 2. The normalized spacial score (nSPS) is 18.1. The molecule has 1 aromatic rings. The molecule has 0 bridgehead atoms. The van der Waals surface area contributed by atoms with E-state index in [1.54, 1.807) is 6.20 Å². The summed E-state index contributed by atoms with van der Waals surface area (Å²) < 4.78 is 1.90. The van der Waals surface area contributed by atoms with Crippen LogP contribution in [0.4, 0.5) is 0 Å². The zero-order chi connectivity index (χ0) is 12.3. The highest BCUT2D eigenvalue weighted by atomic mass is 16.2. The lowest BCUT2D eigenvalue weighted by atomic mass is 10.3. The monoisotopic (exact) mass is 236 g/mol. The molecule has 2 rings (SSSR count). The molecule has 0 radical (unpaired) electrons. The van der Waals surface area contributed by atoms with Crippen LogP contribution in [0.5, 0.6) is 0 Å². The highest BCUT2D eigenvalue weighted by molar-refractivity contribution is 5.78. The van der Waals surface area contributed by atoms with Crippen LogP contribution in [-0.2, 0) is 18.3 Å². The number of likely N-dealkylation sites (N-methyl/N-ethyl adjacent to an activating group) is 1. The number of aryl methyl sites for hydroxylation is 1. The first-order chi connectivity index (χ1) is 8.16. The first-order valence-electron chi connectivity index (χ1n) is 6.09. The number of rotatable bonds is 2. The van der Waals surface area contributed by atoms with Crippen molar-refractivity contribution in [3.63, 3.8) is 0 Å². The molecule has 94 valence electrons. The van der Waals surface area contributed by atoms with Gasteiger partial charge in [0.05, 0.1) is 6.42 Å². The summed E-state index contributed by atoms with van der Waals surface area (Å²) in [6.45, 7) is 3.74. The summed E-state index contributed by atoms with van der Waals surface area (Å²) in [6.07, 6.45) is 5.08. The fourth-order valence-corrected chi connectivity index (χ4v) is 2.11. The quantitative estimate of drug-likeness (QED) is 0.733. The van der Waals surface area contributed by atoms with Crippen LogP contribution in [0.3, 0.4) is 0 Å². The Morgan fingerprint density at radius 3 is 2.82 bits per heavy atom. The number of carbonyl (C=O) groups is 1. The molecule has 5 nitrogen and oxygen atoms in total. The molecule has 1 aromatic heterocycles. The van der Waals surface area contributed by atoms with E-state index in [-0.39, 0.29) is 5.91 Å². The average Bonchev–Trinajstić information content (AvgIpc) is 2.57. The molecule has 0 saturated carbocycles. The van der Waals surface area contributed by atoms with Crippen LogP contribution < -0.4 is 0 Å². The number of hydrogen-bond acceptors (Lipinski definition) is 3. The van der Waals surface area contributed by atoms with Gasteiger partial charge in [-0.1, -0.05) is 0 Å². The largest absolute Gasteiger partial charge is 0.341 e. The molecule has 1 aliphatic heterocycles. The maximum atomic E-state index is 12.1. The van der Waals surface area contributed by atoms with Gasteiger partial charge in [-0.2, -0.15) is 0 Å². The van der Waals surface area contributed by atoms with Crippen molar-refractivity contribution in [2.45, 2.75) is 12.8 Å². The van der Waals surface area contributed by atoms with Crippen molar-refractivity contribution < 1.29 is 4.79 Å². The fourth-order valence-electron chi connectivity index (χ4n) is 2.11. The molecule has 1 aliphatic rings. The molecule has 0 N–H and O–H groups in total. The van der Waals surface area contributed by atoms with Gasteiger partial charge in [0.15, 0.2) is 0 Å². The van der Waals surface area contributed by atoms with E-state index >= 15 is 0 Å². The first kappa shape index (κ1) is 12.1. The van der Waals surface area contributed by atoms with Crippen molar-refractivity contribution in [3.05, 3.63) is 18.2 Å². The zero-order valence-electron chi connectivity index (χ0n) is 10.6. The van der Waals surface area contributed by atoms with Gasteiger partial charge in [-0.25, -0.2) is 4.98 Å². The molecule has 0 unspecified atom stereocenters. The summed E-state index contributed by atoms with van der Waals surface area (Å²) in [5.41, 5.74) is 0. The Morgan fingerprint density at radius 2 is 2.12 bits per heavy atom. The molecule has 0 atom stereocenters. The Bertz CT molecular complexity index is 388. The topological polar surface area (TPSA) is 41.4 Å². The maximum Gasteiger partial charge on any atom is 0.230 e. The van der Waals surface area contributed by atoms with Crippen molar-refractivity contribution in [1.29, 1.82) is 0 Å². The predicted octanol–water partition coefficient (Wildman–Crippen LogP) is 0.127. The minimum Gasteiger partial charge on any atom is -0.341 e. The van der Waals surface area contributed by atoms with Crippen LogP contribution in [0.15, 0.2) is 12.4 Å². The Balaban J connectivity index is 1.93. The SMILES string of the molecule is CN1CCCN(C(=O)Cc2nccn2C)CC1. The third kappa shape index (κ3) is 3.06. The average molecular weight is 236 g/mol. The minimum atomic E-state index is 0.189. The molecular weight excluding hydrogens is 216 g/mol. The Morgan fingerprint density at radius 1 is 1.29 bits per heavy atom. The minimum absolute atomic E-state index is 0.189.